The van der Waals surface area contributed by atoms with E-state index in [-0.39, 0.29) is 11.7 Å². The van der Waals surface area contributed by atoms with Gasteiger partial charge in [-0.3, -0.25) is 4.79 Å². The number of ether oxygens (including phenoxy) is 1. The zero-order chi connectivity index (χ0) is 17.8. The monoisotopic (exact) mass is 342 g/mol. The maximum atomic E-state index is 12.5. The molecular formula is C19H22N2O4. The third-order valence-corrected chi connectivity index (χ3v) is 4.39. The highest BCUT2D eigenvalue weighted by Gasteiger charge is 2.28. The van der Waals surface area contributed by atoms with Crippen LogP contribution in [-0.4, -0.2) is 49.1 Å². The van der Waals surface area contributed by atoms with Gasteiger partial charge in [-0.2, -0.15) is 0 Å². The van der Waals surface area contributed by atoms with Crippen LogP contribution in [0.3, 0.4) is 0 Å². The van der Waals surface area contributed by atoms with Gasteiger partial charge in [-0.05, 0) is 32.0 Å². The van der Waals surface area contributed by atoms with Gasteiger partial charge >= 0.3 is 5.97 Å². The summed E-state index contributed by atoms with van der Waals surface area (Å²) in [4.78, 5) is 28.6. The third-order valence-electron chi connectivity index (χ3n) is 4.39. The molecule has 1 saturated heterocycles. The van der Waals surface area contributed by atoms with Crippen molar-refractivity contribution in [2.75, 3.05) is 31.1 Å². The van der Waals surface area contributed by atoms with Gasteiger partial charge in [0, 0.05) is 37.4 Å². The predicted octanol–water partition coefficient (Wildman–Crippen LogP) is 2.48. The van der Waals surface area contributed by atoms with Crippen molar-refractivity contribution in [3.63, 3.8) is 0 Å². The summed E-state index contributed by atoms with van der Waals surface area (Å²) in [5.74, 6) is -0.634. The van der Waals surface area contributed by atoms with Crippen LogP contribution in [0.1, 0.15) is 23.0 Å². The molecule has 25 heavy (non-hydrogen) atoms. The molecule has 2 aromatic rings. The van der Waals surface area contributed by atoms with Crippen LogP contribution >= 0.6 is 0 Å². The maximum absolute atomic E-state index is 12.5. The average Bonchev–Trinajstić information content (AvgIpc) is 3.08. The van der Waals surface area contributed by atoms with Gasteiger partial charge in [0.15, 0.2) is 6.10 Å². The van der Waals surface area contributed by atoms with E-state index in [0.29, 0.717) is 18.7 Å². The predicted molar refractivity (Wildman–Crippen MR) is 93.6 cm³/mol. The Bertz CT molecular complexity index is 733. The van der Waals surface area contributed by atoms with Crippen molar-refractivity contribution in [2.45, 2.75) is 20.0 Å². The lowest BCUT2D eigenvalue weighted by Gasteiger charge is -2.36. The fourth-order valence-electron chi connectivity index (χ4n) is 2.93. The third kappa shape index (κ3) is 3.84. The molecule has 1 aliphatic heterocycles. The number of hydrogen-bond acceptors (Lipinski definition) is 5. The lowest BCUT2D eigenvalue weighted by atomic mass is 10.2. The van der Waals surface area contributed by atoms with E-state index >= 15 is 0 Å². The van der Waals surface area contributed by atoms with E-state index in [2.05, 4.69) is 17.0 Å². The number of para-hydroxylation sites is 1. The summed E-state index contributed by atoms with van der Waals surface area (Å²) in [5.41, 5.74) is 1.85. The summed E-state index contributed by atoms with van der Waals surface area (Å²) in [7, 11) is 0. The minimum absolute atomic E-state index is 0.147. The first-order valence-corrected chi connectivity index (χ1v) is 8.40. The van der Waals surface area contributed by atoms with Gasteiger partial charge in [0.2, 0.25) is 5.76 Å². The lowest BCUT2D eigenvalue weighted by molar-refractivity contribution is -0.140. The minimum Gasteiger partial charge on any atom is -0.457 e. The Morgan fingerprint density at radius 2 is 1.76 bits per heavy atom. The minimum atomic E-state index is -0.833. The number of piperazine rings is 1. The summed E-state index contributed by atoms with van der Waals surface area (Å²) in [6.45, 7) is 6.09. The molecule has 132 valence electrons. The van der Waals surface area contributed by atoms with Gasteiger partial charge < -0.3 is 19.0 Å². The quantitative estimate of drug-likeness (QED) is 0.799. The van der Waals surface area contributed by atoms with Crippen molar-refractivity contribution in [1.29, 1.82) is 0 Å². The van der Waals surface area contributed by atoms with Gasteiger partial charge in [0.25, 0.3) is 5.91 Å². The van der Waals surface area contributed by atoms with Crippen molar-refractivity contribution in [3.05, 3.63) is 54.0 Å². The van der Waals surface area contributed by atoms with E-state index in [4.69, 9.17) is 9.15 Å². The normalized spacial score (nSPS) is 15.8. The summed E-state index contributed by atoms with van der Waals surface area (Å²) in [5, 5.41) is 0. The van der Waals surface area contributed by atoms with E-state index in [1.807, 2.05) is 18.2 Å². The Morgan fingerprint density at radius 1 is 1.08 bits per heavy atom. The Labute approximate surface area is 147 Å². The van der Waals surface area contributed by atoms with E-state index in [1.165, 1.54) is 6.26 Å². The van der Waals surface area contributed by atoms with E-state index < -0.39 is 12.1 Å². The second kappa shape index (κ2) is 7.42. The van der Waals surface area contributed by atoms with Gasteiger partial charge in [0.1, 0.15) is 0 Å². The molecule has 1 atom stereocenters. The molecule has 0 spiro atoms. The molecule has 1 amide bonds. The molecule has 0 unspecified atom stereocenters. The van der Waals surface area contributed by atoms with Crippen LogP contribution in [0.15, 0.2) is 47.1 Å². The van der Waals surface area contributed by atoms with E-state index in [9.17, 15) is 9.59 Å². The number of carbonyl (C=O) groups is 2. The number of anilines is 1. The molecule has 6 heteroatoms. The Morgan fingerprint density at radius 3 is 2.36 bits per heavy atom. The topological polar surface area (TPSA) is 63.0 Å². The molecule has 0 N–H and O–H groups in total. The number of esters is 1. The number of hydrogen-bond donors (Lipinski definition) is 0. The summed E-state index contributed by atoms with van der Waals surface area (Å²) in [6, 6.07) is 11.8. The molecule has 3 rings (SSSR count). The number of rotatable bonds is 4. The smallest absolute Gasteiger partial charge is 0.375 e. The maximum Gasteiger partial charge on any atom is 0.375 e. The van der Waals surface area contributed by atoms with Crippen LogP contribution in [0.2, 0.25) is 0 Å². The van der Waals surface area contributed by atoms with Crippen molar-refractivity contribution >= 4 is 17.6 Å². The number of benzene rings is 1. The van der Waals surface area contributed by atoms with Gasteiger partial charge in [-0.25, -0.2) is 4.79 Å². The SMILES string of the molecule is Cc1ccoc1C(=O)O[C@H](C)C(=O)N1CCN(c2ccccc2)CC1. The molecule has 0 radical (unpaired) electrons. The highest BCUT2D eigenvalue weighted by Crippen LogP contribution is 2.17. The van der Waals surface area contributed by atoms with Crippen LogP contribution < -0.4 is 4.90 Å². The van der Waals surface area contributed by atoms with Gasteiger partial charge in [-0.1, -0.05) is 18.2 Å². The van der Waals surface area contributed by atoms with Crippen LogP contribution in [0, 0.1) is 6.92 Å². The molecule has 6 nitrogen and oxygen atoms in total. The lowest BCUT2D eigenvalue weighted by Crippen LogP contribution is -2.51. The number of carbonyl (C=O) groups excluding carboxylic acids is 2. The average molecular weight is 342 g/mol. The highest BCUT2D eigenvalue weighted by molar-refractivity contribution is 5.91. The van der Waals surface area contributed by atoms with Gasteiger partial charge in [0.05, 0.1) is 6.26 Å². The summed E-state index contributed by atoms with van der Waals surface area (Å²) < 4.78 is 10.4. The first-order valence-electron chi connectivity index (χ1n) is 8.40. The van der Waals surface area contributed by atoms with E-state index in [0.717, 1.165) is 18.8 Å². The fourth-order valence-corrected chi connectivity index (χ4v) is 2.93. The standard InChI is InChI=1S/C19H22N2O4/c1-14-8-13-24-17(14)19(23)25-15(2)18(22)21-11-9-20(10-12-21)16-6-4-3-5-7-16/h3-8,13,15H,9-12H2,1-2H3/t15-/m1/s1. The highest BCUT2D eigenvalue weighted by atomic mass is 16.6. The second-order valence-corrected chi connectivity index (χ2v) is 6.13. The number of amides is 1. The second-order valence-electron chi connectivity index (χ2n) is 6.13. The zero-order valence-electron chi connectivity index (χ0n) is 14.5. The van der Waals surface area contributed by atoms with E-state index in [1.54, 1.807) is 24.8 Å². The molecule has 0 saturated carbocycles. The summed E-state index contributed by atoms with van der Waals surface area (Å²) in [6.07, 6.45) is 0.599. The van der Waals surface area contributed by atoms with Crippen molar-refractivity contribution in [2.24, 2.45) is 0 Å². The number of aryl methyl sites for hydroxylation is 1. The summed E-state index contributed by atoms with van der Waals surface area (Å²) >= 11 is 0. The molecule has 0 bridgehead atoms. The molecule has 1 aromatic carbocycles. The molecule has 1 aromatic heterocycles. The molecule has 1 aliphatic rings. The zero-order valence-corrected chi connectivity index (χ0v) is 14.5. The van der Waals surface area contributed by atoms with Crippen LogP contribution in [0.4, 0.5) is 5.69 Å². The van der Waals surface area contributed by atoms with Crippen LogP contribution in [-0.2, 0) is 9.53 Å². The first-order chi connectivity index (χ1) is 12.1. The van der Waals surface area contributed by atoms with Crippen LogP contribution in [0.5, 0.6) is 0 Å². The first kappa shape index (κ1) is 17.1. The molecule has 1 fully saturated rings. The molecule has 2 heterocycles. The Hall–Kier alpha value is -2.76. The van der Waals surface area contributed by atoms with Crippen molar-refractivity contribution in [3.8, 4) is 0 Å². The molecule has 0 aliphatic carbocycles. The largest absolute Gasteiger partial charge is 0.457 e. The Balaban J connectivity index is 1.53. The number of furan rings is 1. The number of nitrogens with zero attached hydrogens (tertiary/aromatic N) is 2. The Kier molecular flexibility index (Phi) is 5.07. The molecular weight excluding hydrogens is 320 g/mol. The van der Waals surface area contributed by atoms with Gasteiger partial charge in [-0.15, -0.1) is 0 Å². The van der Waals surface area contributed by atoms with Crippen molar-refractivity contribution < 1.29 is 18.7 Å². The fraction of sp³-hybridized carbons (Fsp3) is 0.368. The van der Waals surface area contributed by atoms with Crippen LogP contribution in [0.25, 0.3) is 0 Å². The van der Waals surface area contributed by atoms with Crippen molar-refractivity contribution in [1.82, 2.24) is 4.90 Å².